The second-order valence-corrected chi connectivity index (χ2v) is 8.61. The number of anilines is 1. The topological polar surface area (TPSA) is 78.9 Å². The number of nitrogens with one attached hydrogen (secondary N) is 1. The van der Waals surface area contributed by atoms with Gasteiger partial charge in [0.15, 0.2) is 0 Å². The van der Waals surface area contributed by atoms with E-state index in [2.05, 4.69) is 5.32 Å². The maximum absolute atomic E-state index is 13.0. The van der Waals surface area contributed by atoms with Crippen LogP contribution in [0.3, 0.4) is 0 Å². The van der Waals surface area contributed by atoms with Crippen molar-refractivity contribution < 1.29 is 32.6 Å². The van der Waals surface area contributed by atoms with Gasteiger partial charge >= 0.3 is 6.18 Å². The summed E-state index contributed by atoms with van der Waals surface area (Å²) in [6.07, 6.45) is -3.00. The standard InChI is InChI=1S/C27H25F3N2O4/c28-27(29,30)21-6-3-9-24(16-21)36-23-8-2-4-19(15-23)25(34)31-22-7-1-5-20(14-22)26(35)32-12-10-18(17-33)11-13-32/h1-9,14-16,18,33H,10-13,17H2,(H,31,34). The molecule has 1 heterocycles. The van der Waals surface area contributed by atoms with Gasteiger partial charge in [-0.25, -0.2) is 0 Å². The van der Waals surface area contributed by atoms with Gasteiger partial charge in [0.25, 0.3) is 11.8 Å². The van der Waals surface area contributed by atoms with Crippen molar-refractivity contribution in [3.05, 3.63) is 89.5 Å². The Morgan fingerprint density at radius 3 is 2.25 bits per heavy atom. The van der Waals surface area contributed by atoms with Gasteiger partial charge in [-0.2, -0.15) is 13.2 Å². The molecule has 0 atom stereocenters. The summed E-state index contributed by atoms with van der Waals surface area (Å²) < 4.78 is 44.4. The summed E-state index contributed by atoms with van der Waals surface area (Å²) in [5, 5.41) is 12.0. The number of hydrogen-bond donors (Lipinski definition) is 2. The number of carbonyl (C=O) groups excluding carboxylic acids is 2. The van der Waals surface area contributed by atoms with Crippen molar-refractivity contribution in [2.45, 2.75) is 19.0 Å². The van der Waals surface area contributed by atoms with Gasteiger partial charge in [-0.05, 0) is 73.4 Å². The Kier molecular flexibility index (Phi) is 7.59. The van der Waals surface area contributed by atoms with E-state index >= 15 is 0 Å². The van der Waals surface area contributed by atoms with Gasteiger partial charge < -0.3 is 20.1 Å². The van der Waals surface area contributed by atoms with E-state index in [0.717, 1.165) is 25.0 Å². The first-order valence-corrected chi connectivity index (χ1v) is 11.5. The van der Waals surface area contributed by atoms with Gasteiger partial charge in [0, 0.05) is 36.5 Å². The first-order valence-electron chi connectivity index (χ1n) is 11.5. The molecule has 0 unspecified atom stereocenters. The minimum Gasteiger partial charge on any atom is -0.457 e. The molecular weight excluding hydrogens is 473 g/mol. The predicted molar refractivity (Wildman–Crippen MR) is 128 cm³/mol. The average Bonchev–Trinajstić information content (AvgIpc) is 2.88. The molecule has 1 aliphatic heterocycles. The third-order valence-corrected chi connectivity index (χ3v) is 6.02. The Balaban J connectivity index is 1.43. The van der Waals surface area contributed by atoms with E-state index in [-0.39, 0.29) is 35.5 Å². The lowest BCUT2D eigenvalue weighted by Gasteiger charge is -2.31. The number of halogens is 3. The molecule has 188 valence electrons. The summed E-state index contributed by atoms with van der Waals surface area (Å²) in [5.41, 5.74) is 0.278. The first kappa shape index (κ1) is 25.2. The molecule has 36 heavy (non-hydrogen) atoms. The molecule has 0 spiro atoms. The fourth-order valence-corrected chi connectivity index (χ4v) is 4.01. The molecule has 1 saturated heterocycles. The molecule has 9 heteroatoms. The fourth-order valence-electron chi connectivity index (χ4n) is 4.01. The monoisotopic (exact) mass is 498 g/mol. The van der Waals surface area contributed by atoms with Gasteiger partial charge in [-0.15, -0.1) is 0 Å². The molecule has 0 aliphatic carbocycles. The highest BCUT2D eigenvalue weighted by Crippen LogP contribution is 2.33. The highest BCUT2D eigenvalue weighted by Gasteiger charge is 2.30. The van der Waals surface area contributed by atoms with E-state index in [9.17, 15) is 27.9 Å². The Morgan fingerprint density at radius 1 is 0.917 bits per heavy atom. The van der Waals surface area contributed by atoms with Crippen LogP contribution in [0, 0.1) is 5.92 Å². The molecule has 0 bridgehead atoms. The number of hydrogen-bond acceptors (Lipinski definition) is 4. The summed E-state index contributed by atoms with van der Waals surface area (Å²) in [4.78, 5) is 27.4. The third-order valence-electron chi connectivity index (χ3n) is 6.02. The zero-order valence-electron chi connectivity index (χ0n) is 19.3. The van der Waals surface area contributed by atoms with Crippen LogP contribution in [0.4, 0.5) is 18.9 Å². The largest absolute Gasteiger partial charge is 0.457 e. The molecule has 1 aliphatic rings. The van der Waals surface area contributed by atoms with Gasteiger partial charge in [-0.3, -0.25) is 9.59 Å². The van der Waals surface area contributed by atoms with Crippen LogP contribution in [0.1, 0.15) is 39.1 Å². The maximum atomic E-state index is 13.0. The van der Waals surface area contributed by atoms with Crippen LogP contribution in [0.5, 0.6) is 11.5 Å². The summed E-state index contributed by atoms with van der Waals surface area (Å²) in [7, 11) is 0. The Morgan fingerprint density at radius 2 is 1.56 bits per heavy atom. The minimum absolute atomic E-state index is 0.00313. The molecule has 3 aromatic rings. The average molecular weight is 499 g/mol. The van der Waals surface area contributed by atoms with E-state index in [1.807, 2.05) is 0 Å². The highest BCUT2D eigenvalue weighted by molar-refractivity contribution is 6.05. The predicted octanol–water partition coefficient (Wildman–Crippen LogP) is 5.59. The Bertz CT molecular complexity index is 1240. The SMILES string of the molecule is O=C(Nc1cccc(C(=O)N2CCC(CO)CC2)c1)c1cccc(Oc2cccc(C(F)(F)F)c2)c1. The van der Waals surface area contributed by atoms with Gasteiger partial charge in [0.05, 0.1) is 5.56 Å². The number of carbonyl (C=O) groups is 2. The van der Waals surface area contributed by atoms with E-state index in [1.165, 1.54) is 24.3 Å². The molecule has 0 aromatic heterocycles. The second-order valence-electron chi connectivity index (χ2n) is 8.61. The first-order chi connectivity index (χ1) is 17.2. The van der Waals surface area contributed by atoms with Crippen LogP contribution in [-0.2, 0) is 6.18 Å². The molecule has 0 saturated carbocycles. The third kappa shape index (κ3) is 6.23. The van der Waals surface area contributed by atoms with Crippen molar-refractivity contribution in [3.8, 4) is 11.5 Å². The van der Waals surface area contributed by atoms with E-state index in [4.69, 9.17) is 4.74 Å². The smallest absolute Gasteiger partial charge is 0.416 e. The minimum atomic E-state index is -4.49. The van der Waals surface area contributed by atoms with Crippen molar-refractivity contribution in [2.24, 2.45) is 5.92 Å². The number of aliphatic hydroxyl groups excluding tert-OH is 1. The Labute approximate surface area is 206 Å². The number of piperidine rings is 1. The van der Waals surface area contributed by atoms with Crippen LogP contribution in [0.25, 0.3) is 0 Å². The van der Waals surface area contributed by atoms with Crippen molar-refractivity contribution in [2.75, 3.05) is 25.0 Å². The summed E-state index contributed by atoms with van der Waals surface area (Å²) in [6.45, 7) is 1.26. The van der Waals surface area contributed by atoms with Crippen LogP contribution in [0.2, 0.25) is 0 Å². The van der Waals surface area contributed by atoms with E-state index in [1.54, 1.807) is 41.3 Å². The molecule has 6 nitrogen and oxygen atoms in total. The molecule has 1 fully saturated rings. The number of amides is 2. The molecule has 3 aromatic carbocycles. The lowest BCUT2D eigenvalue weighted by Crippen LogP contribution is -2.39. The number of alkyl halides is 3. The van der Waals surface area contributed by atoms with Crippen molar-refractivity contribution in [1.29, 1.82) is 0 Å². The maximum Gasteiger partial charge on any atom is 0.416 e. The molecule has 4 rings (SSSR count). The Hall–Kier alpha value is -3.85. The number of likely N-dealkylation sites (tertiary alicyclic amines) is 1. The normalized spacial score (nSPS) is 14.4. The number of aliphatic hydroxyl groups is 1. The molecule has 2 amide bonds. The van der Waals surface area contributed by atoms with Crippen LogP contribution < -0.4 is 10.1 Å². The van der Waals surface area contributed by atoms with E-state index in [0.29, 0.717) is 24.3 Å². The highest BCUT2D eigenvalue weighted by atomic mass is 19.4. The number of ether oxygens (including phenoxy) is 1. The second kappa shape index (κ2) is 10.8. The lowest BCUT2D eigenvalue weighted by atomic mass is 9.97. The van der Waals surface area contributed by atoms with E-state index < -0.39 is 17.6 Å². The number of rotatable bonds is 6. The zero-order valence-corrected chi connectivity index (χ0v) is 19.3. The summed E-state index contributed by atoms with van der Waals surface area (Å²) >= 11 is 0. The molecule has 0 radical (unpaired) electrons. The number of benzene rings is 3. The quantitative estimate of drug-likeness (QED) is 0.464. The van der Waals surface area contributed by atoms with Crippen LogP contribution in [0.15, 0.2) is 72.8 Å². The fraction of sp³-hybridized carbons (Fsp3) is 0.259. The van der Waals surface area contributed by atoms with Gasteiger partial charge in [-0.1, -0.05) is 18.2 Å². The van der Waals surface area contributed by atoms with Crippen molar-refractivity contribution in [3.63, 3.8) is 0 Å². The van der Waals surface area contributed by atoms with Crippen molar-refractivity contribution >= 4 is 17.5 Å². The summed E-state index contributed by atoms with van der Waals surface area (Å²) in [6, 6.07) is 17.2. The molecule has 2 N–H and O–H groups in total. The lowest BCUT2D eigenvalue weighted by molar-refractivity contribution is -0.137. The van der Waals surface area contributed by atoms with Crippen LogP contribution in [-0.4, -0.2) is 41.5 Å². The molecular formula is C27H25F3N2O4. The summed E-state index contributed by atoms with van der Waals surface area (Å²) in [5.74, 6) is -0.182. The zero-order chi connectivity index (χ0) is 25.7. The number of nitrogens with zero attached hydrogens (tertiary/aromatic N) is 1. The van der Waals surface area contributed by atoms with Gasteiger partial charge in [0.2, 0.25) is 0 Å². The van der Waals surface area contributed by atoms with Crippen LogP contribution >= 0.6 is 0 Å². The van der Waals surface area contributed by atoms with Crippen molar-refractivity contribution in [1.82, 2.24) is 4.90 Å². The van der Waals surface area contributed by atoms with Gasteiger partial charge in [0.1, 0.15) is 11.5 Å².